The van der Waals surface area contributed by atoms with Gasteiger partial charge in [-0.15, -0.1) is 0 Å². The summed E-state index contributed by atoms with van der Waals surface area (Å²) in [6.07, 6.45) is 5.25. The van der Waals surface area contributed by atoms with Crippen LogP contribution in [0.4, 0.5) is 5.82 Å². The number of likely N-dealkylation sites (tertiary alicyclic amines) is 1. The molecule has 0 bridgehead atoms. The van der Waals surface area contributed by atoms with Crippen LogP contribution in [0.15, 0.2) is 23.1 Å². The maximum Gasteiger partial charge on any atom is 0.271 e. The smallest absolute Gasteiger partial charge is 0.271 e. The lowest BCUT2D eigenvalue weighted by Crippen LogP contribution is -2.30. The van der Waals surface area contributed by atoms with Crippen molar-refractivity contribution in [2.75, 3.05) is 18.8 Å². The number of rotatable bonds is 6. The van der Waals surface area contributed by atoms with Gasteiger partial charge in [0.1, 0.15) is 34.9 Å². The van der Waals surface area contributed by atoms with E-state index in [1.807, 2.05) is 0 Å². The topological polar surface area (TPSA) is 165 Å². The van der Waals surface area contributed by atoms with Gasteiger partial charge < -0.3 is 20.6 Å². The van der Waals surface area contributed by atoms with Gasteiger partial charge in [-0.1, -0.05) is 5.16 Å². The van der Waals surface area contributed by atoms with Crippen molar-refractivity contribution in [2.45, 2.75) is 39.3 Å². The van der Waals surface area contributed by atoms with E-state index >= 15 is 0 Å². The molecule has 0 aromatic carbocycles. The Morgan fingerprint density at radius 1 is 1.27 bits per heavy atom. The van der Waals surface area contributed by atoms with Crippen LogP contribution in [0, 0.1) is 6.92 Å². The molecule has 5 heterocycles. The van der Waals surface area contributed by atoms with Crippen molar-refractivity contribution in [3.05, 3.63) is 41.4 Å². The fourth-order valence-electron chi connectivity index (χ4n) is 3.90. The Bertz CT molecular complexity index is 1310. The summed E-state index contributed by atoms with van der Waals surface area (Å²) < 4.78 is 5.47. The molecule has 0 radical (unpaired) electrons. The molecule has 12 heteroatoms. The van der Waals surface area contributed by atoms with Crippen molar-refractivity contribution in [3.8, 4) is 11.5 Å². The summed E-state index contributed by atoms with van der Waals surface area (Å²) in [5.41, 5.74) is 8.75. The Labute approximate surface area is 189 Å². The number of nitrogen functional groups attached to an aromatic ring is 1. The van der Waals surface area contributed by atoms with Crippen molar-refractivity contribution in [3.63, 3.8) is 0 Å². The van der Waals surface area contributed by atoms with E-state index in [9.17, 15) is 4.79 Å². The molecule has 1 saturated heterocycles. The third kappa shape index (κ3) is 4.24. The first kappa shape index (κ1) is 20.9. The third-order valence-corrected chi connectivity index (χ3v) is 5.68. The first-order chi connectivity index (χ1) is 16.0. The van der Waals surface area contributed by atoms with Crippen LogP contribution in [0.3, 0.4) is 0 Å². The number of amides is 1. The van der Waals surface area contributed by atoms with Crippen LogP contribution in [0.25, 0.3) is 22.7 Å². The number of nitrogens with one attached hydrogen (secondary N) is 2. The van der Waals surface area contributed by atoms with Gasteiger partial charge in [-0.2, -0.15) is 0 Å². The highest BCUT2D eigenvalue weighted by Gasteiger charge is 2.24. The number of hydrogen-bond donors (Lipinski definition) is 3. The predicted molar refractivity (Wildman–Crippen MR) is 119 cm³/mol. The Hall–Kier alpha value is -3.93. The minimum atomic E-state index is -0.457. The molecule has 33 heavy (non-hydrogen) atoms. The van der Waals surface area contributed by atoms with Gasteiger partial charge in [0, 0.05) is 18.2 Å². The summed E-state index contributed by atoms with van der Waals surface area (Å²) >= 11 is 0. The summed E-state index contributed by atoms with van der Waals surface area (Å²) in [6.45, 7) is 6.10. The fraction of sp³-hybridized carbons (Fsp3) is 0.381. The molecular weight excluding hydrogens is 424 g/mol. The van der Waals surface area contributed by atoms with Gasteiger partial charge in [0.25, 0.3) is 5.91 Å². The molecule has 170 valence electrons. The number of carbonyl (C=O) groups is 1. The molecule has 0 saturated carbocycles. The molecule has 1 aliphatic rings. The van der Waals surface area contributed by atoms with Crippen LogP contribution >= 0.6 is 0 Å². The number of imidazole rings is 1. The average molecular weight is 448 g/mol. The highest BCUT2D eigenvalue weighted by Crippen LogP contribution is 2.23. The molecule has 4 aromatic rings. The van der Waals surface area contributed by atoms with Gasteiger partial charge >= 0.3 is 0 Å². The normalized spacial score (nSPS) is 15.2. The van der Waals surface area contributed by atoms with Gasteiger partial charge in [-0.25, -0.2) is 24.9 Å². The van der Waals surface area contributed by atoms with Gasteiger partial charge in [0.2, 0.25) is 0 Å². The second kappa shape index (κ2) is 8.54. The standard InChI is InChI=1S/C21H24N10O2/c1-11(16-7-14(30-33-16)19-28-15-8-23-12(2)27-20(15)29-19)26-21(32)17-13(18(22)25-10-24-17)9-31-5-3-4-6-31/h7-8,10-11H,3-6,9H2,1-2H3,(H,26,32)(H2,22,24,25)(H,23,27,28,29). The van der Waals surface area contributed by atoms with Crippen LogP contribution in [0.2, 0.25) is 0 Å². The van der Waals surface area contributed by atoms with E-state index in [1.54, 1.807) is 26.1 Å². The Morgan fingerprint density at radius 3 is 2.91 bits per heavy atom. The van der Waals surface area contributed by atoms with Gasteiger partial charge in [-0.05, 0) is 39.8 Å². The second-order valence-electron chi connectivity index (χ2n) is 8.12. The zero-order valence-electron chi connectivity index (χ0n) is 18.4. The van der Waals surface area contributed by atoms with Crippen LogP contribution in [-0.4, -0.2) is 59.0 Å². The number of nitrogens with zero attached hydrogens (tertiary/aromatic N) is 7. The Balaban J connectivity index is 1.33. The minimum absolute atomic E-state index is 0.271. The zero-order chi connectivity index (χ0) is 22.9. The van der Waals surface area contributed by atoms with E-state index in [0.717, 1.165) is 25.9 Å². The molecule has 12 nitrogen and oxygen atoms in total. The quantitative estimate of drug-likeness (QED) is 0.396. The van der Waals surface area contributed by atoms with Gasteiger partial charge in [0.05, 0.1) is 12.2 Å². The predicted octanol–water partition coefficient (Wildman–Crippen LogP) is 1.78. The number of hydrogen-bond acceptors (Lipinski definition) is 10. The van der Waals surface area contributed by atoms with Crippen LogP contribution in [0.5, 0.6) is 0 Å². The third-order valence-electron chi connectivity index (χ3n) is 5.68. The molecule has 1 unspecified atom stereocenters. The maximum absolute atomic E-state index is 13.0. The van der Waals surface area contributed by atoms with Crippen LogP contribution in [0.1, 0.15) is 53.4 Å². The number of aromatic amines is 1. The van der Waals surface area contributed by atoms with Gasteiger partial charge in [0.15, 0.2) is 17.2 Å². The van der Waals surface area contributed by atoms with Gasteiger partial charge in [-0.3, -0.25) is 9.69 Å². The molecule has 4 N–H and O–H groups in total. The lowest BCUT2D eigenvalue weighted by Gasteiger charge is -2.18. The molecule has 1 atom stereocenters. The Morgan fingerprint density at radius 2 is 2.09 bits per heavy atom. The van der Waals surface area contributed by atoms with Crippen LogP contribution in [-0.2, 0) is 6.54 Å². The molecule has 1 aliphatic heterocycles. The minimum Gasteiger partial charge on any atom is -0.383 e. The number of aryl methyl sites for hydroxylation is 1. The van der Waals surface area contributed by atoms with E-state index < -0.39 is 6.04 Å². The molecule has 1 amide bonds. The van der Waals surface area contributed by atoms with E-state index in [0.29, 0.717) is 52.2 Å². The summed E-state index contributed by atoms with van der Waals surface area (Å²) in [6, 6.07) is 1.27. The van der Waals surface area contributed by atoms with Crippen molar-refractivity contribution < 1.29 is 9.32 Å². The number of fused-ring (bicyclic) bond motifs is 1. The second-order valence-corrected chi connectivity index (χ2v) is 8.12. The zero-order valence-corrected chi connectivity index (χ0v) is 18.4. The summed E-state index contributed by atoms with van der Waals surface area (Å²) in [4.78, 5) is 39.6. The number of anilines is 1. The number of H-pyrrole nitrogens is 1. The number of carbonyl (C=O) groups excluding carboxylic acids is 1. The average Bonchev–Trinajstić information content (AvgIpc) is 3.55. The molecule has 0 spiro atoms. The molecule has 5 rings (SSSR count). The van der Waals surface area contributed by atoms with Crippen molar-refractivity contribution in [1.82, 2.24) is 45.3 Å². The highest BCUT2D eigenvalue weighted by atomic mass is 16.5. The van der Waals surface area contributed by atoms with Crippen molar-refractivity contribution >= 4 is 22.9 Å². The lowest BCUT2D eigenvalue weighted by molar-refractivity contribution is 0.0926. The van der Waals surface area contributed by atoms with E-state index in [2.05, 4.69) is 45.3 Å². The summed E-state index contributed by atoms with van der Waals surface area (Å²) in [5.74, 6) is 1.59. The number of aromatic nitrogens is 7. The Kier molecular flexibility index (Phi) is 5.42. The van der Waals surface area contributed by atoms with E-state index in [1.165, 1.54) is 6.33 Å². The summed E-state index contributed by atoms with van der Waals surface area (Å²) in [5, 5.41) is 7.00. The number of nitrogens with two attached hydrogens (primary N) is 1. The SMILES string of the molecule is Cc1ncc2[nH]c(-c3cc(C(C)NC(=O)c4ncnc(N)c4CN4CCCC4)on3)nc2n1. The first-order valence-electron chi connectivity index (χ1n) is 10.8. The van der Waals surface area contributed by atoms with E-state index in [4.69, 9.17) is 10.3 Å². The summed E-state index contributed by atoms with van der Waals surface area (Å²) in [7, 11) is 0. The maximum atomic E-state index is 13.0. The monoisotopic (exact) mass is 448 g/mol. The largest absolute Gasteiger partial charge is 0.383 e. The van der Waals surface area contributed by atoms with E-state index in [-0.39, 0.29) is 11.6 Å². The lowest BCUT2D eigenvalue weighted by atomic mass is 10.1. The van der Waals surface area contributed by atoms with Crippen molar-refractivity contribution in [1.29, 1.82) is 0 Å². The molecule has 0 aliphatic carbocycles. The fourth-order valence-corrected chi connectivity index (χ4v) is 3.90. The highest BCUT2D eigenvalue weighted by molar-refractivity contribution is 5.94. The van der Waals surface area contributed by atoms with Crippen LogP contribution < -0.4 is 11.1 Å². The molecular formula is C21H24N10O2. The van der Waals surface area contributed by atoms with Crippen molar-refractivity contribution in [2.24, 2.45) is 0 Å². The molecule has 4 aromatic heterocycles. The molecule has 1 fully saturated rings. The first-order valence-corrected chi connectivity index (χ1v) is 10.8.